The van der Waals surface area contributed by atoms with Gasteiger partial charge in [0.25, 0.3) is 11.8 Å². The van der Waals surface area contributed by atoms with E-state index in [1.807, 2.05) is 0 Å². The Morgan fingerprint density at radius 2 is 1.81 bits per heavy atom. The molecule has 2 aromatic carbocycles. The first kappa shape index (κ1) is 17.9. The summed E-state index contributed by atoms with van der Waals surface area (Å²) in [6, 6.07) is 12.0. The van der Waals surface area contributed by atoms with Crippen LogP contribution >= 0.6 is 0 Å². The average molecular weight is 358 g/mol. The predicted octanol–water partition coefficient (Wildman–Crippen LogP) is 2.46. The third-order valence-electron chi connectivity index (χ3n) is 3.98. The monoisotopic (exact) mass is 358 g/mol. The highest BCUT2D eigenvalue weighted by Gasteiger charge is 2.16. The van der Waals surface area contributed by atoms with Crippen LogP contribution in [0.3, 0.4) is 0 Å². The first-order valence-electron chi connectivity index (χ1n) is 8.33. The molecule has 2 N–H and O–H groups in total. The van der Waals surface area contributed by atoms with Crippen LogP contribution in [0.25, 0.3) is 0 Å². The van der Waals surface area contributed by atoms with E-state index in [1.54, 1.807) is 24.3 Å². The van der Waals surface area contributed by atoms with Crippen LogP contribution in [-0.2, 0) is 4.74 Å². The molecule has 0 saturated carbocycles. The Balaban J connectivity index is 1.50. The minimum Gasteiger partial charge on any atom is -0.491 e. The molecule has 1 unspecified atom stereocenters. The Morgan fingerprint density at radius 3 is 2.50 bits per heavy atom. The van der Waals surface area contributed by atoms with Gasteiger partial charge in [0, 0.05) is 12.2 Å². The van der Waals surface area contributed by atoms with Gasteiger partial charge < -0.3 is 9.47 Å². The molecular weight excluding hydrogens is 339 g/mol. The van der Waals surface area contributed by atoms with Crippen molar-refractivity contribution in [1.82, 2.24) is 10.9 Å². The molecule has 0 radical (unpaired) electrons. The van der Waals surface area contributed by atoms with Gasteiger partial charge >= 0.3 is 0 Å². The van der Waals surface area contributed by atoms with Gasteiger partial charge in [-0.1, -0.05) is 12.1 Å². The number of nitrogens with one attached hydrogen (secondary N) is 2. The van der Waals surface area contributed by atoms with Gasteiger partial charge in [0.05, 0.1) is 11.7 Å². The van der Waals surface area contributed by atoms with Crippen molar-refractivity contribution in [1.29, 1.82) is 0 Å². The fourth-order valence-corrected chi connectivity index (χ4v) is 2.57. The molecule has 6 nitrogen and oxygen atoms in total. The summed E-state index contributed by atoms with van der Waals surface area (Å²) in [6.45, 7) is 1.25. The van der Waals surface area contributed by atoms with Crippen molar-refractivity contribution in [2.45, 2.75) is 18.9 Å². The number of hydrazine groups is 1. The average Bonchev–Trinajstić information content (AvgIpc) is 3.18. The zero-order valence-corrected chi connectivity index (χ0v) is 14.0. The summed E-state index contributed by atoms with van der Waals surface area (Å²) in [5.41, 5.74) is 4.63. The van der Waals surface area contributed by atoms with Gasteiger partial charge in [0.2, 0.25) is 0 Å². The molecule has 1 heterocycles. The van der Waals surface area contributed by atoms with Crippen molar-refractivity contribution in [2.24, 2.45) is 0 Å². The van der Waals surface area contributed by atoms with Gasteiger partial charge in [-0.15, -0.1) is 0 Å². The SMILES string of the molecule is O=C(NNC(=O)c1ccccc1F)c1ccc(OCC2CCCO2)cc1. The summed E-state index contributed by atoms with van der Waals surface area (Å²) in [5.74, 6) is -1.27. The standard InChI is InChI=1S/C19H19FN2O4/c20-17-6-2-1-5-16(17)19(24)22-21-18(23)13-7-9-14(10-8-13)26-12-15-4-3-11-25-15/h1-2,5-10,15H,3-4,11-12H2,(H,21,23)(H,22,24). The number of amides is 2. The second-order valence-corrected chi connectivity index (χ2v) is 5.86. The first-order chi connectivity index (χ1) is 12.6. The molecule has 1 saturated heterocycles. The summed E-state index contributed by atoms with van der Waals surface area (Å²) < 4.78 is 24.6. The summed E-state index contributed by atoms with van der Waals surface area (Å²) in [4.78, 5) is 23.9. The maximum Gasteiger partial charge on any atom is 0.272 e. The van der Waals surface area contributed by atoms with Gasteiger partial charge in [0.1, 0.15) is 18.2 Å². The number of hydrogen-bond acceptors (Lipinski definition) is 4. The van der Waals surface area contributed by atoms with Crippen LogP contribution in [-0.4, -0.2) is 31.1 Å². The van der Waals surface area contributed by atoms with Gasteiger partial charge in [-0.05, 0) is 49.2 Å². The molecule has 0 bridgehead atoms. The lowest BCUT2D eigenvalue weighted by molar-refractivity contribution is 0.0679. The predicted molar refractivity (Wildman–Crippen MR) is 92.2 cm³/mol. The van der Waals surface area contributed by atoms with Gasteiger partial charge in [-0.3, -0.25) is 20.4 Å². The zero-order chi connectivity index (χ0) is 18.4. The molecule has 0 aromatic heterocycles. The minimum atomic E-state index is -0.729. The largest absolute Gasteiger partial charge is 0.491 e. The third-order valence-corrected chi connectivity index (χ3v) is 3.98. The van der Waals surface area contributed by atoms with E-state index in [4.69, 9.17) is 9.47 Å². The zero-order valence-electron chi connectivity index (χ0n) is 14.0. The molecule has 1 atom stereocenters. The van der Waals surface area contributed by atoms with E-state index in [1.165, 1.54) is 24.3 Å². The Morgan fingerprint density at radius 1 is 1.08 bits per heavy atom. The van der Waals surface area contributed by atoms with Crippen molar-refractivity contribution < 1.29 is 23.5 Å². The summed E-state index contributed by atoms with van der Waals surface area (Å²) in [5, 5.41) is 0. The molecule has 1 aliphatic rings. The van der Waals surface area contributed by atoms with E-state index in [0.717, 1.165) is 19.4 Å². The van der Waals surface area contributed by atoms with Gasteiger partial charge in [-0.25, -0.2) is 4.39 Å². The maximum absolute atomic E-state index is 13.5. The lowest BCUT2D eigenvalue weighted by atomic mass is 10.2. The minimum absolute atomic E-state index is 0.117. The lowest BCUT2D eigenvalue weighted by Gasteiger charge is -2.12. The molecule has 7 heteroatoms. The van der Waals surface area contributed by atoms with E-state index < -0.39 is 17.6 Å². The van der Waals surface area contributed by atoms with Crippen LogP contribution < -0.4 is 15.6 Å². The molecule has 2 aromatic rings. The van der Waals surface area contributed by atoms with Crippen molar-refractivity contribution >= 4 is 11.8 Å². The van der Waals surface area contributed by atoms with E-state index in [9.17, 15) is 14.0 Å². The van der Waals surface area contributed by atoms with E-state index in [2.05, 4.69) is 10.9 Å². The number of rotatable bonds is 5. The Kier molecular flexibility index (Phi) is 5.80. The number of ether oxygens (including phenoxy) is 2. The molecule has 0 aliphatic carbocycles. The highest BCUT2D eigenvalue weighted by atomic mass is 19.1. The second kappa shape index (κ2) is 8.44. The molecule has 1 fully saturated rings. The number of halogens is 1. The summed E-state index contributed by atoms with van der Waals surface area (Å²) in [6.07, 6.45) is 2.15. The number of carbonyl (C=O) groups excluding carboxylic acids is 2. The van der Waals surface area contributed by atoms with Crippen molar-refractivity contribution in [3.05, 3.63) is 65.5 Å². The van der Waals surface area contributed by atoms with E-state index in [0.29, 0.717) is 17.9 Å². The topological polar surface area (TPSA) is 76.7 Å². The molecule has 26 heavy (non-hydrogen) atoms. The molecule has 1 aliphatic heterocycles. The van der Waals surface area contributed by atoms with E-state index in [-0.39, 0.29) is 11.7 Å². The van der Waals surface area contributed by atoms with Crippen LogP contribution in [0.15, 0.2) is 48.5 Å². The van der Waals surface area contributed by atoms with Gasteiger partial charge in [-0.2, -0.15) is 0 Å². The molecule has 0 spiro atoms. The first-order valence-corrected chi connectivity index (χ1v) is 8.33. The normalized spacial score (nSPS) is 16.1. The number of hydrogen-bond donors (Lipinski definition) is 2. The van der Waals surface area contributed by atoms with Crippen LogP contribution in [0.1, 0.15) is 33.6 Å². The summed E-state index contributed by atoms with van der Waals surface area (Å²) >= 11 is 0. The highest BCUT2D eigenvalue weighted by Crippen LogP contribution is 2.16. The molecule has 3 rings (SSSR count). The second-order valence-electron chi connectivity index (χ2n) is 5.86. The van der Waals surface area contributed by atoms with Crippen molar-refractivity contribution in [3.8, 4) is 5.75 Å². The fourth-order valence-electron chi connectivity index (χ4n) is 2.57. The Hall–Kier alpha value is -2.93. The van der Waals surface area contributed by atoms with E-state index >= 15 is 0 Å². The Bertz CT molecular complexity index is 773. The van der Waals surface area contributed by atoms with Gasteiger partial charge in [0.15, 0.2) is 0 Å². The molecular formula is C19H19FN2O4. The number of carbonyl (C=O) groups is 2. The quantitative estimate of drug-likeness (QED) is 0.805. The van der Waals surface area contributed by atoms with Crippen molar-refractivity contribution in [3.63, 3.8) is 0 Å². The lowest BCUT2D eigenvalue weighted by Crippen LogP contribution is -2.41. The molecule has 136 valence electrons. The van der Waals surface area contributed by atoms with Crippen LogP contribution in [0, 0.1) is 5.82 Å². The van der Waals surface area contributed by atoms with Crippen molar-refractivity contribution in [2.75, 3.05) is 13.2 Å². The van der Waals surface area contributed by atoms with Crippen LogP contribution in [0.5, 0.6) is 5.75 Å². The van der Waals surface area contributed by atoms with Crippen LogP contribution in [0.4, 0.5) is 4.39 Å². The van der Waals surface area contributed by atoms with Crippen LogP contribution in [0.2, 0.25) is 0 Å². The third kappa shape index (κ3) is 4.58. The smallest absolute Gasteiger partial charge is 0.272 e. The number of benzene rings is 2. The Labute approximate surface area is 150 Å². The highest BCUT2D eigenvalue weighted by molar-refractivity contribution is 5.99. The maximum atomic E-state index is 13.5. The fraction of sp³-hybridized carbons (Fsp3) is 0.263. The summed E-state index contributed by atoms with van der Waals surface area (Å²) in [7, 11) is 0. The molecule has 2 amide bonds.